The van der Waals surface area contributed by atoms with Gasteiger partial charge >= 0.3 is 5.97 Å². The van der Waals surface area contributed by atoms with Gasteiger partial charge in [-0.25, -0.2) is 0 Å². The van der Waals surface area contributed by atoms with Crippen molar-refractivity contribution in [3.63, 3.8) is 0 Å². The number of amides is 1. The van der Waals surface area contributed by atoms with Gasteiger partial charge in [0, 0.05) is 18.2 Å². The first kappa shape index (κ1) is 24.7. The third-order valence-electron chi connectivity index (χ3n) is 6.47. The molecule has 0 saturated heterocycles. The van der Waals surface area contributed by atoms with Crippen LogP contribution in [-0.4, -0.2) is 42.6 Å². The standard InChI is InChI=1S/C30H31NO6/c1-2-34-29(32)17-21-7-12-26(13-8-21)37-20-24-6-4-3-5-23(24)19-31(25-10-11-25)30(33)22-9-14-27-28(18-22)36-16-15-35-27/h3-9,12-14,18,25H,2,10-11,15-17,19-20H2,1H3. The molecule has 0 bridgehead atoms. The van der Waals surface area contributed by atoms with Crippen molar-refractivity contribution in [2.24, 2.45) is 0 Å². The predicted molar refractivity (Wildman–Crippen MR) is 138 cm³/mol. The van der Waals surface area contributed by atoms with Gasteiger partial charge in [0.15, 0.2) is 11.5 Å². The van der Waals surface area contributed by atoms with Crippen LogP contribution in [0.5, 0.6) is 17.2 Å². The molecule has 0 radical (unpaired) electrons. The van der Waals surface area contributed by atoms with Gasteiger partial charge in [-0.15, -0.1) is 0 Å². The Hall–Kier alpha value is -4.00. The van der Waals surface area contributed by atoms with Crippen molar-refractivity contribution in [1.82, 2.24) is 4.90 Å². The predicted octanol–water partition coefficient (Wildman–Crippen LogP) is 4.95. The Labute approximate surface area is 216 Å². The van der Waals surface area contributed by atoms with Gasteiger partial charge in [-0.1, -0.05) is 36.4 Å². The maximum Gasteiger partial charge on any atom is 0.310 e. The molecule has 3 aromatic carbocycles. The van der Waals surface area contributed by atoms with Crippen LogP contribution in [0.1, 0.15) is 46.8 Å². The van der Waals surface area contributed by atoms with Gasteiger partial charge in [0.2, 0.25) is 0 Å². The summed E-state index contributed by atoms with van der Waals surface area (Å²) in [6, 6.07) is 21.2. The number of ether oxygens (including phenoxy) is 4. The lowest BCUT2D eigenvalue weighted by molar-refractivity contribution is -0.142. The zero-order chi connectivity index (χ0) is 25.6. The molecule has 2 aliphatic rings. The van der Waals surface area contributed by atoms with Crippen molar-refractivity contribution in [2.75, 3.05) is 19.8 Å². The highest BCUT2D eigenvalue weighted by molar-refractivity contribution is 5.95. The van der Waals surface area contributed by atoms with Crippen LogP contribution in [0.25, 0.3) is 0 Å². The fourth-order valence-electron chi connectivity index (χ4n) is 4.37. The fourth-order valence-corrected chi connectivity index (χ4v) is 4.37. The van der Waals surface area contributed by atoms with E-state index in [4.69, 9.17) is 18.9 Å². The smallest absolute Gasteiger partial charge is 0.310 e. The Kier molecular flexibility index (Phi) is 7.59. The van der Waals surface area contributed by atoms with Crippen LogP contribution in [0, 0.1) is 0 Å². The lowest BCUT2D eigenvalue weighted by Crippen LogP contribution is -2.33. The summed E-state index contributed by atoms with van der Waals surface area (Å²) in [5.41, 5.74) is 3.56. The van der Waals surface area contributed by atoms with Gasteiger partial charge in [0.25, 0.3) is 5.91 Å². The summed E-state index contributed by atoms with van der Waals surface area (Å²) in [4.78, 5) is 27.2. The van der Waals surface area contributed by atoms with E-state index in [2.05, 4.69) is 0 Å². The SMILES string of the molecule is CCOC(=O)Cc1ccc(OCc2ccccc2CN(C(=O)c2ccc3c(c2)OCCO3)C2CC2)cc1. The van der Waals surface area contributed by atoms with Crippen LogP contribution in [0.4, 0.5) is 0 Å². The molecule has 0 aromatic heterocycles. The Morgan fingerprint density at radius 2 is 1.65 bits per heavy atom. The normalized spacial score (nSPS) is 14.1. The molecule has 1 aliphatic carbocycles. The first-order valence-corrected chi connectivity index (χ1v) is 12.8. The molecule has 3 aromatic rings. The summed E-state index contributed by atoms with van der Waals surface area (Å²) in [7, 11) is 0. The molecule has 1 amide bonds. The maximum atomic E-state index is 13.5. The average Bonchev–Trinajstić information content (AvgIpc) is 3.77. The first-order chi connectivity index (χ1) is 18.1. The number of fused-ring (bicyclic) bond motifs is 1. The van der Waals surface area contributed by atoms with E-state index in [0.717, 1.165) is 29.5 Å². The van der Waals surface area contributed by atoms with E-state index in [0.29, 0.717) is 55.8 Å². The van der Waals surface area contributed by atoms with Gasteiger partial charge in [0.1, 0.15) is 25.6 Å². The molecule has 0 spiro atoms. The highest BCUT2D eigenvalue weighted by Gasteiger charge is 2.34. The molecule has 1 saturated carbocycles. The summed E-state index contributed by atoms with van der Waals surface area (Å²) in [6.07, 6.45) is 2.26. The van der Waals surface area contributed by atoms with E-state index >= 15 is 0 Å². The molecule has 192 valence electrons. The number of rotatable bonds is 10. The molecule has 7 heteroatoms. The lowest BCUT2D eigenvalue weighted by atomic mass is 10.1. The van der Waals surface area contributed by atoms with E-state index < -0.39 is 0 Å². The van der Waals surface area contributed by atoms with E-state index in [1.54, 1.807) is 13.0 Å². The zero-order valence-electron chi connectivity index (χ0n) is 21.0. The number of carbonyl (C=O) groups is 2. The molecule has 0 unspecified atom stereocenters. The van der Waals surface area contributed by atoms with Crippen molar-refractivity contribution >= 4 is 11.9 Å². The maximum absolute atomic E-state index is 13.5. The molecule has 1 heterocycles. The second-order valence-electron chi connectivity index (χ2n) is 9.21. The van der Waals surface area contributed by atoms with Gasteiger partial charge < -0.3 is 23.8 Å². The lowest BCUT2D eigenvalue weighted by Gasteiger charge is -2.25. The van der Waals surface area contributed by atoms with Gasteiger partial charge in [0.05, 0.1) is 13.0 Å². The summed E-state index contributed by atoms with van der Waals surface area (Å²) < 4.78 is 22.3. The van der Waals surface area contributed by atoms with Crippen molar-refractivity contribution in [2.45, 2.75) is 45.4 Å². The average molecular weight is 502 g/mol. The minimum Gasteiger partial charge on any atom is -0.489 e. The van der Waals surface area contributed by atoms with Crippen molar-refractivity contribution in [3.05, 3.63) is 89.0 Å². The summed E-state index contributed by atoms with van der Waals surface area (Å²) in [5.74, 6) is 1.77. The molecular weight excluding hydrogens is 470 g/mol. The Balaban J connectivity index is 1.25. The monoisotopic (exact) mass is 501 g/mol. The molecule has 0 atom stereocenters. The van der Waals surface area contributed by atoms with Gasteiger partial charge in [-0.2, -0.15) is 0 Å². The first-order valence-electron chi connectivity index (χ1n) is 12.8. The summed E-state index contributed by atoms with van der Waals surface area (Å²) >= 11 is 0. The number of carbonyl (C=O) groups excluding carboxylic acids is 2. The third-order valence-corrected chi connectivity index (χ3v) is 6.47. The van der Waals surface area contributed by atoms with Crippen LogP contribution < -0.4 is 14.2 Å². The van der Waals surface area contributed by atoms with Crippen molar-refractivity contribution < 1.29 is 28.5 Å². The van der Waals surface area contributed by atoms with Crippen molar-refractivity contribution in [3.8, 4) is 17.2 Å². The summed E-state index contributed by atoms with van der Waals surface area (Å²) in [6.45, 7) is 4.06. The second kappa shape index (κ2) is 11.4. The third kappa shape index (κ3) is 6.23. The van der Waals surface area contributed by atoms with Crippen LogP contribution in [0.15, 0.2) is 66.7 Å². The number of benzene rings is 3. The molecule has 37 heavy (non-hydrogen) atoms. The fraction of sp³-hybridized carbons (Fsp3) is 0.333. The van der Waals surface area contributed by atoms with Crippen LogP contribution in [-0.2, 0) is 29.1 Å². The second-order valence-corrected chi connectivity index (χ2v) is 9.21. The van der Waals surface area contributed by atoms with Crippen LogP contribution >= 0.6 is 0 Å². The van der Waals surface area contributed by atoms with Crippen LogP contribution in [0.3, 0.4) is 0 Å². The number of esters is 1. The number of nitrogens with zero attached hydrogens (tertiary/aromatic N) is 1. The molecule has 0 N–H and O–H groups in total. The largest absolute Gasteiger partial charge is 0.489 e. The van der Waals surface area contributed by atoms with Crippen molar-refractivity contribution in [1.29, 1.82) is 0 Å². The Morgan fingerprint density at radius 1 is 0.919 bits per heavy atom. The Bertz CT molecular complexity index is 1250. The zero-order valence-corrected chi connectivity index (χ0v) is 21.0. The van der Waals surface area contributed by atoms with E-state index in [-0.39, 0.29) is 24.3 Å². The van der Waals surface area contributed by atoms with Gasteiger partial charge in [-0.3, -0.25) is 9.59 Å². The quantitative estimate of drug-likeness (QED) is 0.366. The topological polar surface area (TPSA) is 74.3 Å². The minimum absolute atomic E-state index is 0.00705. The number of hydrogen-bond acceptors (Lipinski definition) is 6. The van der Waals surface area contributed by atoms with E-state index in [1.807, 2.05) is 65.6 Å². The summed E-state index contributed by atoms with van der Waals surface area (Å²) in [5, 5.41) is 0. The number of hydrogen-bond donors (Lipinski definition) is 0. The molecular formula is C30H31NO6. The highest BCUT2D eigenvalue weighted by Crippen LogP contribution is 2.34. The highest BCUT2D eigenvalue weighted by atomic mass is 16.6. The molecule has 5 rings (SSSR count). The minimum atomic E-state index is -0.240. The van der Waals surface area contributed by atoms with Gasteiger partial charge in [-0.05, 0) is 66.8 Å². The molecule has 1 aliphatic heterocycles. The Morgan fingerprint density at radius 3 is 2.38 bits per heavy atom. The molecule has 7 nitrogen and oxygen atoms in total. The van der Waals surface area contributed by atoms with E-state index in [1.165, 1.54) is 0 Å². The molecule has 1 fully saturated rings. The van der Waals surface area contributed by atoms with E-state index in [9.17, 15) is 9.59 Å². The van der Waals surface area contributed by atoms with Crippen LogP contribution in [0.2, 0.25) is 0 Å².